The molecular formula is C21H22Cl2N2O2. The molecule has 6 heteroatoms. The fourth-order valence-electron chi connectivity index (χ4n) is 3.37. The lowest BCUT2D eigenvalue weighted by atomic mass is 10.0. The number of likely N-dealkylation sites (tertiary alicyclic amines) is 1. The van der Waals surface area contributed by atoms with E-state index in [4.69, 9.17) is 23.2 Å². The van der Waals surface area contributed by atoms with Gasteiger partial charge in [-0.2, -0.15) is 0 Å². The highest BCUT2D eigenvalue weighted by Crippen LogP contribution is 2.25. The van der Waals surface area contributed by atoms with Gasteiger partial charge in [-0.3, -0.25) is 9.59 Å². The topological polar surface area (TPSA) is 49.4 Å². The minimum absolute atomic E-state index is 0.0453. The van der Waals surface area contributed by atoms with Crippen LogP contribution in [-0.2, 0) is 0 Å². The molecule has 1 unspecified atom stereocenters. The number of nitrogens with zero attached hydrogens (tertiary/aromatic N) is 1. The maximum Gasteiger partial charge on any atom is 0.257 e. The van der Waals surface area contributed by atoms with Gasteiger partial charge in [0.1, 0.15) is 0 Å². The molecule has 2 aromatic rings. The molecule has 0 bridgehead atoms. The second kappa shape index (κ2) is 8.32. The largest absolute Gasteiger partial charge is 0.336 e. The van der Waals surface area contributed by atoms with Crippen molar-refractivity contribution in [2.24, 2.45) is 0 Å². The molecule has 2 amide bonds. The first-order valence-corrected chi connectivity index (χ1v) is 9.80. The Morgan fingerprint density at radius 1 is 1.11 bits per heavy atom. The van der Waals surface area contributed by atoms with Gasteiger partial charge in [-0.1, -0.05) is 23.2 Å². The number of anilines is 1. The first kappa shape index (κ1) is 19.7. The van der Waals surface area contributed by atoms with E-state index in [1.165, 1.54) is 12.5 Å². The summed E-state index contributed by atoms with van der Waals surface area (Å²) in [5.41, 5.74) is 2.46. The van der Waals surface area contributed by atoms with Crippen LogP contribution >= 0.6 is 23.2 Å². The van der Waals surface area contributed by atoms with Gasteiger partial charge in [0, 0.05) is 28.9 Å². The van der Waals surface area contributed by atoms with E-state index in [0.29, 0.717) is 26.9 Å². The predicted octanol–water partition coefficient (Wildman–Crippen LogP) is 5.57. The molecule has 0 aliphatic carbocycles. The zero-order valence-corrected chi connectivity index (χ0v) is 16.9. The lowest BCUT2D eigenvalue weighted by molar-refractivity contribution is 0.0635. The molecule has 1 fully saturated rings. The lowest BCUT2D eigenvalue weighted by Gasteiger charge is -2.33. The predicted molar refractivity (Wildman–Crippen MR) is 110 cm³/mol. The van der Waals surface area contributed by atoms with E-state index in [2.05, 4.69) is 12.2 Å². The first-order valence-electron chi connectivity index (χ1n) is 9.05. The van der Waals surface area contributed by atoms with Gasteiger partial charge in [0.25, 0.3) is 11.8 Å². The molecule has 1 N–H and O–H groups in total. The van der Waals surface area contributed by atoms with Crippen molar-refractivity contribution in [2.45, 2.75) is 39.2 Å². The Kier molecular flexibility index (Phi) is 6.08. The van der Waals surface area contributed by atoms with Crippen LogP contribution in [0.4, 0.5) is 5.69 Å². The van der Waals surface area contributed by atoms with Gasteiger partial charge < -0.3 is 10.2 Å². The van der Waals surface area contributed by atoms with Gasteiger partial charge in [-0.05, 0) is 75.1 Å². The number of piperidine rings is 1. The summed E-state index contributed by atoms with van der Waals surface area (Å²) < 4.78 is 0. The fraction of sp³-hybridized carbons (Fsp3) is 0.333. The number of hydrogen-bond acceptors (Lipinski definition) is 2. The van der Waals surface area contributed by atoms with Crippen molar-refractivity contribution in [3.63, 3.8) is 0 Å². The summed E-state index contributed by atoms with van der Waals surface area (Å²) in [5.74, 6) is -0.271. The summed E-state index contributed by atoms with van der Waals surface area (Å²) in [6, 6.07) is 10.4. The summed E-state index contributed by atoms with van der Waals surface area (Å²) in [6.45, 7) is 4.76. The standard InChI is InChI=1S/C21H22Cl2N2O2/c1-13-11-15(21(27)25-10-4-3-5-14(25)2)6-9-19(13)24-20(26)17-8-7-16(22)12-18(17)23/h6-9,11-12,14H,3-5,10H2,1-2H3,(H,24,26). The Balaban J connectivity index is 1.76. The molecule has 0 saturated carbocycles. The molecule has 1 aliphatic heterocycles. The van der Waals surface area contributed by atoms with E-state index >= 15 is 0 Å². The van der Waals surface area contributed by atoms with E-state index in [1.54, 1.807) is 24.3 Å². The number of halogens is 2. The van der Waals surface area contributed by atoms with Crippen LogP contribution in [0, 0.1) is 6.92 Å². The average molecular weight is 405 g/mol. The zero-order valence-electron chi connectivity index (χ0n) is 15.4. The van der Waals surface area contributed by atoms with Gasteiger partial charge in [0.15, 0.2) is 0 Å². The number of benzene rings is 2. The number of amides is 2. The highest BCUT2D eigenvalue weighted by Gasteiger charge is 2.24. The van der Waals surface area contributed by atoms with Crippen molar-refractivity contribution in [3.05, 3.63) is 63.1 Å². The van der Waals surface area contributed by atoms with Gasteiger partial charge in [0.05, 0.1) is 10.6 Å². The molecule has 0 radical (unpaired) electrons. The Morgan fingerprint density at radius 2 is 1.89 bits per heavy atom. The van der Waals surface area contributed by atoms with Gasteiger partial charge in [-0.25, -0.2) is 0 Å². The molecule has 27 heavy (non-hydrogen) atoms. The van der Waals surface area contributed by atoms with Crippen LogP contribution in [0.15, 0.2) is 36.4 Å². The van der Waals surface area contributed by atoms with Gasteiger partial charge in [0.2, 0.25) is 0 Å². The number of carbonyl (C=O) groups excluding carboxylic acids is 2. The summed E-state index contributed by atoms with van der Waals surface area (Å²) in [6.07, 6.45) is 3.26. The Labute approximate surface area is 169 Å². The third-order valence-electron chi connectivity index (χ3n) is 4.96. The summed E-state index contributed by atoms with van der Waals surface area (Å²) in [4.78, 5) is 27.2. The lowest BCUT2D eigenvalue weighted by Crippen LogP contribution is -2.42. The molecule has 0 aromatic heterocycles. The highest BCUT2D eigenvalue weighted by atomic mass is 35.5. The average Bonchev–Trinajstić information content (AvgIpc) is 2.63. The molecule has 1 heterocycles. The van der Waals surface area contributed by atoms with Crippen molar-refractivity contribution in [1.82, 2.24) is 4.90 Å². The van der Waals surface area contributed by atoms with Crippen LogP contribution in [0.1, 0.15) is 52.5 Å². The molecule has 142 valence electrons. The number of rotatable bonds is 3. The molecule has 0 spiro atoms. The maximum atomic E-state index is 12.8. The highest BCUT2D eigenvalue weighted by molar-refractivity contribution is 6.37. The molecule has 3 rings (SSSR count). The normalized spacial score (nSPS) is 16.9. The van der Waals surface area contributed by atoms with Crippen molar-refractivity contribution < 1.29 is 9.59 Å². The van der Waals surface area contributed by atoms with E-state index in [9.17, 15) is 9.59 Å². The smallest absolute Gasteiger partial charge is 0.257 e. The minimum Gasteiger partial charge on any atom is -0.336 e. The van der Waals surface area contributed by atoms with Crippen LogP contribution < -0.4 is 5.32 Å². The summed E-state index contributed by atoms with van der Waals surface area (Å²) in [5, 5.41) is 3.62. The number of nitrogens with one attached hydrogen (secondary N) is 1. The second-order valence-corrected chi connectivity index (χ2v) is 7.79. The van der Waals surface area contributed by atoms with Crippen molar-refractivity contribution in [1.29, 1.82) is 0 Å². The van der Waals surface area contributed by atoms with Crippen molar-refractivity contribution in [2.75, 3.05) is 11.9 Å². The molecule has 4 nitrogen and oxygen atoms in total. The van der Waals surface area contributed by atoms with Crippen LogP contribution in [0.2, 0.25) is 10.0 Å². The molecule has 1 saturated heterocycles. The maximum absolute atomic E-state index is 12.8. The SMILES string of the molecule is Cc1cc(C(=O)N2CCCCC2C)ccc1NC(=O)c1ccc(Cl)cc1Cl. The van der Waals surface area contributed by atoms with E-state index in [1.807, 2.05) is 17.9 Å². The van der Waals surface area contributed by atoms with E-state index in [-0.39, 0.29) is 17.9 Å². The third kappa shape index (κ3) is 4.45. The third-order valence-corrected chi connectivity index (χ3v) is 5.51. The van der Waals surface area contributed by atoms with Crippen molar-refractivity contribution >= 4 is 40.7 Å². The molecule has 1 atom stereocenters. The van der Waals surface area contributed by atoms with Crippen LogP contribution in [-0.4, -0.2) is 29.3 Å². The van der Waals surface area contributed by atoms with Crippen LogP contribution in [0.3, 0.4) is 0 Å². The molecule has 2 aromatic carbocycles. The van der Waals surface area contributed by atoms with Gasteiger partial charge in [-0.15, -0.1) is 0 Å². The zero-order chi connectivity index (χ0) is 19.6. The van der Waals surface area contributed by atoms with Crippen LogP contribution in [0.25, 0.3) is 0 Å². The quantitative estimate of drug-likeness (QED) is 0.726. The number of aryl methyl sites for hydroxylation is 1. The number of hydrogen-bond donors (Lipinski definition) is 1. The Bertz CT molecular complexity index is 882. The Hall–Kier alpha value is -2.04. The van der Waals surface area contributed by atoms with Crippen LogP contribution in [0.5, 0.6) is 0 Å². The summed E-state index contributed by atoms with van der Waals surface area (Å²) in [7, 11) is 0. The van der Waals surface area contributed by atoms with Crippen molar-refractivity contribution in [3.8, 4) is 0 Å². The van der Waals surface area contributed by atoms with E-state index < -0.39 is 0 Å². The Morgan fingerprint density at radius 3 is 2.56 bits per heavy atom. The fourth-order valence-corrected chi connectivity index (χ4v) is 3.86. The summed E-state index contributed by atoms with van der Waals surface area (Å²) >= 11 is 12.0. The van der Waals surface area contributed by atoms with E-state index in [0.717, 1.165) is 24.9 Å². The first-order chi connectivity index (χ1) is 12.9. The second-order valence-electron chi connectivity index (χ2n) is 6.95. The minimum atomic E-state index is -0.316. The molecule has 1 aliphatic rings. The molecular weight excluding hydrogens is 383 g/mol. The van der Waals surface area contributed by atoms with Gasteiger partial charge >= 0.3 is 0 Å². The number of carbonyl (C=O) groups is 2. The monoisotopic (exact) mass is 404 g/mol.